The Morgan fingerprint density at radius 1 is 1.38 bits per heavy atom. The van der Waals surface area contributed by atoms with Gasteiger partial charge in [-0.3, -0.25) is 0 Å². The molecule has 1 aliphatic carbocycles. The van der Waals surface area contributed by atoms with E-state index in [1.165, 1.54) is 17.7 Å². The van der Waals surface area contributed by atoms with E-state index in [1.807, 2.05) is 6.07 Å². The molecule has 90 valence electrons. The Hall–Kier alpha value is -0.0900. The van der Waals surface area contributed by atoms with Crippen molar-refractivity contribution in [1.29, 1.82) is 0 Å². The van der Waals surface area contributed by atoms with Crippen LogP contribution in [0.3, 0.4) is 0 Å². The highest BCUT2D eigenvalue weighted by atomic mass is 35.5. The first-order valence-corrected chi connectivity index (χ1v) is 7.05. The van der Waals surface area contributed by atoms with Gasteiger partial charge in [-0.25, -0.2) is 0 Å². The first-order valence-electron chi connectivity index (χ1n) is 5.85. The molecule has 4 heteroatoms. The minimum Gasteiger partial charge on any atom is -0.389 e. The lowest BCUT2D eigenvalue weighted by atomic mass is 10.0. The number of thiophene rings is 1. The maximum atomic E-state index is 10.1. The standard InChI is InChI=1S/C12H18ClNOS/c13-11-4-3-10(16-11)5-8-14-9-12(15)6-1-2-7-12/h3-4,14-15H,1-2,5-9H2. The van der Waals surface area contributed by atoms with E-state index in [9.17, 15) is 5.11 Å². The van der Waals surface area contributed by atoms with Crippen LogP contribution in [-0.2, 0) is 6.42 Å². The average molecular weight is 260 g/mol. The van der Waals surface area contributed by atoms with Gasteiger partial charge in [0.15, 0.2) is 0 Å². The van der Waals surface area contributed by atoms with Crippen molar-refractivity contribution in [2.24, 2.45) is 0 Å². The molecule has 2 rings (SSSR count). The molecule has 2 nitrogen and oxygen atoms in total. The smallest absolute Gasteiger partial charge is 0.0931 e. The summed E-state index contributed by atoms with van der Waals surface area (Å²) in [4.78, 5) is 1.30. The zero-order chi connectivity index (χ0) is 11.4. The minimum atomic E-state index is -0.437. The van der Waals surface area contributed by atoms with Gasteiger partial charge in [0.05, 0.1) is 9.94 Å². The van der Waals surface area contributed by atoms with Gasteiger partial charge in [0.25, 0.3) is 0 Å². The summed E-state index contributed by atoms with van der Waals surface area (Å²) in [7, 11) is 0. The van der Waals surface area contributed by atoms with Gasteiger partial charge in [-0.15, -0.1) is 11.3 Å². The maximum Gasteiger partial charge on any atom is 0.0931 e. The van der Waals surface area contributed by atoms with E-state index >= 15 is 0 Å². The van der Waals surface area contributed by atoms with E-state index in [0.29, 0.717) is 0 Å². The van der Waals surface area contributed by atoms with Gasteiger partial charge in [-0.2, -0.15) is 0 Å². The Labute approximate surface area is 106 Å². The van der Waals surface area contributed by atoms with Gasteiger partial charge in [-0.05, 0) is 31.4 Å². The lowest BCUT2D eigenvalue weighted by molar-refractivity contribution is 0.0481. The van der Waals surface area contributed by atoms with Crippen LogP contribution in [0.2, 0.25) is 4.34 Å². The molecule has 0 aromatic carbocycles. The third kappa shape index (κ3) is 3.45. The molecule has 1 aromatic heterocycles. The number of hydrogen-bond acceptors (Lipinski definition) is 3. The van der Waals surface area contributed by atoms with Crippen LogP contribution < -0.4 is 5.32 Å². The summed E-state index contributed by atoms with van der Waals surface area (Å²) in [5.74, 6) is 0. The van der Waals surface area contributed by atoms with E-state index in [0.717, 1.165) is 36.7 Å². The highest BCUT2D eigenvalue weighted by Crippen LogP contribution is 2.28. The molecule has 0 saturated heterocycles. The monoisotopic (exact) mass is 259 g/mol. The quantitative estimate of drug-likeness (QED) is 0.797. The molecule has 0 atom stereocenters. The van der Waals surface area contributed by atoms with Gasteiger partial charge in [0.2, 0.25) is 0 Å². The minimum absolute atomic E-state index is 0.437. The highest BCUT2D eigenvalue weighted by Gasteiger charge is 2.30. The highest BCUT2D eigenvalue weighted by molar-refractivity contribution is 7.16. The number of hydrogen-bond donors (Lipinski definition) is 2. The second kappa shape index (κ2) is 5.50. The van der Waals surface area contributed by atoms with Crippen molar-refractivity contribution in [2.75, 3.05) is 13.1 Å². The molecule has 0 amide bonds. The van der Waals surface area contributed by atoms with Crippen molar-refractivity contribution in [3.05, 3.63) is 21.3 Å². The van der Waals surface area contributed by atoms with Crippen LogP contribution in [-0.4, -0.2) is 23.8 Å². The fourth-order valence-electron chi connectivity index (χ4n) is 2.23. The summed E-state index contributed by atoms with van der Waals surface area (Å²) in [6.45, 7) is 1.64. The van der Waals surface area contributed by atoms with Gasteiger partial charge in [0.1, 0.15) is 0 Å². The van der Waals surface area contributed by atoms with Gasteiger partial charge < -0.3 is 10.4 Å². The maximum absolute atomic E-state index is 10.1. The molecule has 0 spiro atoms. The van der Waals surface area contributed by atoms with Crippen molar-refractivity contribution in [3.8, 4) is 0 Å². The van der Waals surface area contributed by atoms with Crippen molar-refractivity contribution >= 4 is 22.9 Å². The first kappa shape index (κ1) is 12.4. The number of aliphatic hydroxyl groups is 1. The van der Waals surface area contributed by atoms with Crippen LogP contribution in [0.4, 0.5) is 0 Å². The molecular formula is C12H18ClNOS. The van der Waals surface area contributed by atoms with Gasteiger partial charge in [0, 0.05) is 18.0 Å². The lowest BCUT2D eigenvalue weighted by Gasteiger charge is -2.22. The van der Waals surface area contributed by atoms with E-state index in [2.05, 4.69) is 11.4 Å². The molecule has 1 heterocycles. The van der Waals surface area contributed by atoms with Crippen LogP contribution in [0.15, 0.2) is 12.1 Å². The zero-order valence-corrected chi connectivity index (χ0v) is 10.9. The molecule has 0 bridgehead atoms. The topological polar surface area (TPSA) is 32.3 Å². The van der Waals surface area contributed by atoms with E-state index in [1.54, 1.807) is 11.3 Å². The number of nitrogens with one attached hydrogen (secondary N) is 1. The average Bonchev–Trinajstić information content (AvgIpc) is 2.84. The summed E-state index contributed by atoms with van der Waals surface area (Å²) >= 11 is 7.49. The first-order chi connectivity index (χ1) is 7.68. The number of rotatable bonds is 5. The Morgan fingerprint density at radius 2 is 2.12 bits per heavy atom. The third-order valence-corrected chi connectivity index (χ3v) is 4.46. The largest absolute Gasteiger partial charge is 0.389 e. The SMILES string of the molecule is OC1(CNCCc2ccc(Cl)s2)CCCC1. The summed E-state index contributed by atoms with van der Waals surface area (Å²) < 4.78 is 0.851. The molecule has 0 radical (unpaired) electrons. The lowest BCUT2D eigenvalue weighted by Crippen LogP contribution is -2.38. The Morgan fingerprint density at radius 3 is 2.75 bits per heavy atom. The normalized spacial score (nSPS) is 19.1. The summed E-state index contributed by atoms with van der Waals surface area (Å²) in [6.07, 6.45) is 5.22. The Balaban J connectivity index is 1.65. The Kier molecular flexibility index (Phi) is 4.25. The molecule has 1 fully saturated rings. The number of halogens is 1. The van der Waals surface area contributed by atoms with Crippen LogP contribution in [0.1, 0.15) is 30.6 Å². The summed E-state index contributed by atoms with van der Waals surface area (Å²) in [5.41, 5.74) is -0.437. The van der Waals surface area contributed by atoms with Crippen LogP contribution in [0, 0.1) is 0 Å². The van der Waals surface area contributed by atoms with Crippen molar-refractivity contribution in [3.63, 3.8) is 0 Å². The molecule has 0 unspecified atom stereocenters. The van der Waals surface area contributed by atoms with Crippen LogP contribution >= 0.6 is 22.9 Å². The molecule has 16 heavy (non-hydrogen) atoms. The fraction of sp³-hybridized carbons (Fsp3) is 0.667. The fourth-order valence-corrected chi connectivity index (χ4v) is 3.32. The van der Waals surface area contributed by atoms with E-state index in [4.69, 9.17) is 11.6 Å². The van der Waals surface area contributed by atoms with Crippen LogP contribution in [0.5, 0.6) is 0 Å². The summed E-state index contributed by atoms with van der Waals surface area (Å²) in [6, 6.07) is 4.00. The van der Waals surface area contributed by atoms with Gasteiger partial charge in [-0.1, -0.05) is 24.4 Å². The second-order valence-electron chi connectivity index (χ2n) is 4.56. The molecule has 2 N–H and O–H groups in total. The zero-order valence-electron chi connectivity index (χ0n) is 9.34. The van der Waals surface area contributed by atoms with E-state index < -0.39 is 5.60 Å². The predicted molar refractivity (Wildman–Crippen MR) is 69.3 cm³/mol. The van der Waals surface area contributed by atoms with Crippen molar-refractivity contribution < 1.29 is 5.11 Å². The van der Waals surface area contributed by atoms with Crippen molar-refractivity contribution in [1.82, 2.24) is 5.32 Å². The van der Waals surface area contributed by atoms with Crippen molar-refractivity contribution in [2.45, 2.75) is 37.7 Å². The second-order valence-corrected chi connectivity index (χ2v) is 6.36. The molecular weight excluding hydrogens is 242 g/mol. The Bertz CT molecular complexity index is 334. The molecule has 1 saturated carbocycles. The molecule has 1 aliphatic rings. The predicted octanol–water partition coefficient (Wildman–Crippen LogP) is 2.84. The van der Waals surface area contributed by atoms with Gasteiger partial charge >= 0.3 is 0 Å². The summed E-state index contributed by atoms with van der Waals surface area (Å²) in [5, 5.41) is 13.5. The molecule has 1 aromatic rings. The third-order valence-electron chi connectivity index (χ3n) is 3.17. The van der Waals surface area contributed by atoms with E-state index in [-0.39, 0.29) is 0 Å². The van der Waals surface area contributed by atoms with Crippen LogP contribution in [0.25, 0.3) is 0 Å². The molecule has 0 aliphatic heterocycles.